The molecule has 2 aromatic heterocycles. The number of aromatic nitrogens is 2. The van der Waals surface area contributed by atoms with Crippen LogP contribution in [0.2, 0.25) is 10.0 Å². The summed E-state index contributed by atoms with van der Waals surface area (Å²) in [7, 11) is 1.48. The minimum absolute atomic E-state index is 0.188. The molecule has 0 aliphatic carbocycles. The van der Waals surface area contributed by atoms with Crippen molar-refractivity contribution < 1.29 is 9.53 Å². The van der Waals surface area contributed by atoms with Crippen LogP contribution in [0.4, 0.5) is 0 Å². The zero-order valence-corrected chi connectivity index (χ0v) is 21.0. The highest BCUT2D eigenvalue weighted by molar-refractivity contribution is 6.34. The fourth-order valence-corrected chi connectivity index (χ4v) is 4.95. The van der Waals surface area contributed by atoms with E-state index in [2.05, 4.69) is 16.0 Å². The Morgan fingerprint density at radius 1 is 1.12 bits per heavy atom. The SMILES string of the molecule is CC.COC(=C=O)c1cc(CCCN2CCC(c3cc(Cl)cc(Cl)c3)CC2)cc2nccn12. The Labute approximate surface area is 206 Å². The van der Waals surface area contributed by atoms with Gasteiger partial charge in [0.1, 0.15) is 11.3 Å². The fourth-order valence-electron chi connectivity index (χ4n) is 4.40. The van der Waals surface area contributed by atoms with Crippen LogP contribution in [0.5, 0.6) is 0 Å². The van der Waals surface area contributed by atoms with E-state index in [0.717, 1.165) is 56.5 Å². The highest BCUT2D eigenvalue weighted by atomic mass is 35.5. The zero-order chi connectivity index (χ0) is 23.8. The monoisotopic (exact) mass is 487 g/mol. The largest absolute Gasteiger partial charge is 0.485 e. The normalized spacial score (nSPS) is 14.5. The standard InChI is InChI=1S/C24H25Cl2N3O2.C2H6/c1-31-23(16-30)22-11-17(12-24-27-6-10-29(22)24)3-2-7-28-8-4-18(5-9-28)19-13-20(25)15-21(26)14-19;1-2/h6,10-15,18H,2-5,7-9H2,1H3;1-2H3. The third kappa shape index (κ3) is 6.39. The maximum Gasteiger partial charge on any atom is 0.228 e. The predicted octanol–water partition coefficient (Wildman–Crippen LogP) is 6.30. The number of rotatable bonds is 7. The van der Waals surface area contributed by atoms with Crippen molar-refractivity contribution in [3.05, 3.63) is 69.6 Å². The molecule has 0 saturated carbocycles. The molecule has 176 valence electrons. The van der Waals surface area contributed by atoms with Crippen LogP contribution in [0.15, 0.2) is 42.7 Å². The van der Waals surface area contributed by atoms with E-state index in [1.807, 2.05) is 48.6 Å². The second kappa shape index (κ2) is 12.2. The quantitative estimate of drug-likeness (QED) is 0.289. The molecule has 0 atom stereocenters. The molecule has 3 aromatic rings. The molecule has 0 bridgehead atoms. The van der Waals surface area contributed by atoms with E-state index in [4.69, 9.17) is 27.9 Å². The number of likely N-dealkylation sites (tertiary alicyclic amines) is 1. The molecule has 0 spiro atoms. The van der Waals surface area contributed by atoms with Crippen molar-refractivity contribution >= 4 is 40.5 Å². The van der Waals surface area contributed by atoms with Crippen LogP contribution in [-0.2, 0) is 16.0 Å². The van der Waals surface area contributed by atoms with Gasteiger partial charge in [0, 0.05) is 22.4 Å². The molecular weight excluding hydrogens is 457 g/mol. The van der Waals surface area contributed by atoms with Crippen molar-refractivity contribution in [3.63, 3.8) is 0 Å². The first-order chi connectivity index (χ1) is 16.1. The molecule has 1 aliphatic rings. The zero-order valence-electron chi connectivity index (χ0n) is 19.5. The van der Waals surface area contributed by atoms with Gasteiger partial charge in [0.2, 0.25) is 5.76 Å². The summed E-state index contributed by atoms with van der Waals surface area (Å²) in [5.74, 6) is 2.58. The van der Waals surface area contributed by atoms with Crippen molar-refractivity contribution in [2.45, 2.75) is 45.4 Å². The van der Waals surface area contributed by atoms with Crippen molar-refractivity contribution in [1.29, 1.82) is 0 Å². The van der Waals surface area contributed by atoms with E-state index in [-0.39, 0.29) is 5.76 Å². The average Bonchev–Trinajstić information content (AvgIpc) is 3.30. The Kier molecular flexibility index (Phi) is 9.40. The summed E-state index contributed by atoms with van der Waals surface area (Å²) >= 11 is 12.3. The molecule has 5 nitrogen and oxygen atoms in total. The molecule has 0 amide bonds. The molecule has 0 N–H and O–H groups in total. The lowest BCUT2D eigenvalue weighted by Crippen LogP contribution is -2.33. The Morgan fingerprint density at radius 3 is 2.45 bits per heavy atom. The van der Waals surface area contributed by atoms with Gasteiger partial charge in [-0.3, -0.25) is 4.40 Å². The number of hydrogen-bond acceptors (Lipinski definition) is 4. The third-order valence-electron chi connectivity index (χ3n) is 5.98. The number of imidazole rings is 1. The number of pyridine rings is 1. The number of benzene rings is 1. The lowest BCUT2D eigenvalue weighted by Gasteiger charge is -2.32. The van der Waals surface area contributed by atoms with E-state index >= 15 is 0 Å². The van der Waals surface area contributed by atoms with E-state index < -0.39 is 0 Å². The van der Waals surface area contributed by atoms with E-state index in [1.165, 1.54) is 12.7 Å². The molecule has 4 rings (SSSR count). The number of piperidine rings is 1. The first-order valence-electron chi connectivity index (χ1n) is 11.5. The van der Waals surface area contributed by atoms with Crippen LogP contribution in [0.25, 0.3) is 11.4 Å². The Morgan fingerprint density at radius 2 is 1.82 bits per heavy atom. The molecule has 33 heavy (non-hydrogen) atoms. The van der Waals surface area contributed by atoms with E-state index in [1.54, 1.807) is 12.3 Å². The van der Waals surface area contributed by atoms with Crippen molar-refractivity contribution in [2.24, 2.45) is 0 Å². The predicted molar refractivity (Wildman–Crippen MR) is 136 cm³/mol. The van der Waals surface area contributed by atoms with Crippen molar-refractivity contribution in [1.82, 2.24) is 14.3 Å². The highest BCUT2D eigenvalue weighted by Gasteiger charge is 2.21. The van der Waals surface area contributed by atoms with Gasteiger partial charge in [0.05, 0.1) is 7.11 Å². The summed E-state index contributed by atoms with van der Waals surface area (Å²) < 4.78 is 7.05. The maximum atomic E-state index is 11.3. The summed E-state index contributed by atoms with van der Waals surface area (Å²) in [5, 5.41) is 1.42. The molecule has 0 unspecified atom stereocenters. The second-order valence-electron chi connectivity index (χ2n) is 7.96. The smallest absolute Gasteiger partial charge is 0.228 e. The van der Waals surface area contributed by atoms with Gasteiger partial charge in [0.15, 0.2) is 5.94 Å². The van der Waals surface area contributed by atoms with Crippen molar-refractivity contribution in [3.8, 4) is 0 Å². The van der Waals surface area contributed by atoms with Crippen LogP contribution in [0, 0.1) is 0 Å². The van der Waals surface area contributed by atoms with Gasteiger partial charge < -0.3 is 9.64 Å². The van der Waals surface area contributed by atoms with Gasteiger partial charge in [-0.2, -0.15) is 0 Å². The van der Waals surface area contributed by atoms with Crippen LogP contribution in [0.3, 0.4) is 0 Å². The Balaban J connectivity index is 0.00000149. The first-order valence-corrected chi connectivity index (χ1v) is 12.3. The number of fused-ring (bicyclic) bond motifs is 1. The number of methoxy groups -OCH3 is 1. The fraction of sp³-hybridized carbons (Fsp3) is 0.423. The molecule has 1 aromatic carbocycles. The van der Waals surface area contributed by atoms with Gasteiger partial charge in [-0.1, -0.05) is 37.0 Å². The summed E-state index contributed by atoms with van der Waals surface area (Å²) in [4.78, 5) is 18.1. The van der Waals surface area contributed by atoms with Crippen molar-refractivity contribution in [2.75, 3.05) is 26.7 Å². The van der Waals surface area contributed by atoms with Crippen LogP contribution < -0.4 is 0 Å². The minimum Gasteiger partial charge on any atom is -0.485 e. The topological polar surface area (TPSA) is 46.8 Å². The minimum atomic E-state index is 0.188. The highest BCUT2D eigenvalue weighted by Crippen LogP contribution is 2.32. The van der Waals surface area contributed by atoms with Gasteiger partial charge in [-0.25, -0.2) is 9.78 Å². The lowest BCUT2D eigenvalue weighted by molar-refractivity contribution is 0.210. The summed E-state index contributed by atoms with van der Waals surface area (Å²) in [6.07, 6.45) is 7.72. The molecule has 0 radical (unpaired) electrons. The summed E-state index contributed by atoms with van der Waals surface area (Å²) in [6, 6.07) is 9.93. The van der Waals surface area contributed by atoms with Crippen LogP contribution in [0.1, 0.15) is 55.8 Å². The molecule has 1 fully saturated rings. The number of aryl methyl sites for hydroxylation is 1. The average molecular weight is 488 g/mol. The first kappa shape index (κ1) is 25.3. The van der Waals surface area contributed by atoms with Crippen LogP contribution >= 0.6 is 23.2 Å². The summed E-state index contributed by atoms with van der Waals surface area (Å²) in [5.41, 5.74) is 3.87. The summed E-state index contributed by atoms with van der Waals surface area (Å²) in [6.45, 7) is 7.18. The molecular formula is C26H31Cl2N3O2. The number of carbonyl (C=O) groups excluding carboxylic acids is 1. The molecule has 3 heterocycles. The number of nitrogens with zero attached hydrogens (tertiary/aromatic N) is 3. The molecule has 1 aliphatic heterocycles. The van der Waals surface area contributed by atoms with Gasteiger partial charge in [-0.15, -0.1) is 0 Å². The van der Waals surface area contributed by atoms with Gasteiger partial charge >= 0.3 is 0 Å². The molecule has 7 heteroatoms. The van der Waals surface area contributed by atoms with Crippen LogP contribution in [-0.4, -0.2) is 47.0 Å². The molecule has 1 saturated heterocycles. The maximum absolute atomic E-state index is 11.3. The van der Waals surface area contributed by atoms with Gasteiger partial charge in [0.25, 0.3) is 0 Å². The Bertz CT molecular complexity index is 1090. The number of halogens is 2. The number of hydrogen-bond donors (Lipinski definition) is 0. The Hall–Kier alpha value is -2.30. The second-order valence-corrected chi connectivity index (χ2v) is 8.83. The lowest BCUT2D eigenvalue weighted by atomic mass is 9.89. The third-order valence-corrected chi connectivity index (χ3v) is 6.42. The van der Waals surface area contributed by atoms with E-state index in [9.17, 15) is 4.79 Å². The number of ether oxygens (including phenoxy) is 1. The van der Waals surface area contributed by atoms with Gasteiger partial charge in [-0.05, 0) is 92.7 Å². The van der Waals surface area contributed by atoms with E-state index in [0.29, 0.717) is 21.7 Å².